The van der Waals surface area contributed by atoms with Gasteiger partial charge in [-0.2, -0.15) is 0 Å². The SMILES string of the molecule is CC1CCCCC1N(C)C(=O)CC1CCNCC1.Cl. The summed E-state index contributed by atoms with van der Waals surface area (Å²) in [4.78, 5) is 14.4. The summed E-state index contributed by atoms with van der Waals surface area (Å²) in [6.45, 7) is 4.47. The summed E-state index contributed by atoms with van der Waals surface area (Å²) in [5.41, 5.74) is 0. The number of hydrogen-bond donors (Lipinski definition) is 1. The largest absolute Gasteiger partial charge is 0.343 e. The van der Waals surface area contributed by atoms with Gasteiger partial charge in [0.15, 0.2) is 0 Å². The summed E-state index contributed by atoms with van der Waals surface area (Å²) < 4.78 is 0. The Kier molecular flexibility index (Phi) is 7.16. The van der Waals surface area contributed by atoms with Crippen LogP contribution in [0, 0.1) is 11.8 Å². The first-order valence-electron chi connectivity index (χ1n) is 7.65. The van der Waals surface area contributed by atoms with Crippen LogP contribution >= 0.6 is 12.4 Å². The maximum absolute atomic E-state index is 12.4. The summed E-state index contributed by atoms with van der Waals surface area (Å²) >= 11 is 0. The van der Waals surface area contributed by atoms with Crippen molar-refractivity contribution in [1.82, 2.24) is 10.2 Å². The predicted octanol–water partition coefficient (Wildman–Crippen LogP) is 2.84. The van der Waals surface area contributed by atoms with Crippen LogP contribution in [0.2, 0.25) is 0 Å². The minimum Gasteiger partial charge on any atom is -0.343 e. The number of rotatable bonds is 3. The van der Waals surface area contributed by atoms with Gasteiger partial charge in [0.25, 0.3) is 0 Å². The second-order valence-corrected chi connectivity index (χ2v) is 6.23. The van der Waals surface area contributed by atoms with E-state index in [1.807, 2.05) is 7.05 Å². The van der Waals surface area contributed by atoms with E-state index in [1.165, 1.54) is 38.5 Å². The van der Waals surface area contributed by atoms with E-state index in [2.05, 4.69) is 17.1 Å². The van der Waals surface area contributed by atoms with E-state index in [4.69, 9.17) is 0 Å². The Bertz CT molecular complexity index is 279. The van der Waals surface area contributed by atoms with Crippen LogP contribution in [0.1, 0.15) is 51.9 Å². The molecule has 1 heterocycles. The minimum absolute atomic E-state index is 0. The summed E-state index contributed by atoms with van der Waals surface area (Å²) in [6, 6.07) is 0.493. The second kappa shape index (κ2) is 8.11. The van der Waals surface area contributed by atoms with Crippen LogP contribution in [-0.2, 0) is 4.79 Å². The molecule has 2 aliphatic rings. The van der Waals surface area contributed by atoms with Gasteiger partial charge in [0.2, 0.25) is 5.91 Å². The van der Waals surface area contributed by atoms with Gasteiger partial charge < -0.3 is 10.2 Å². The van der Waals surface area contributed by atoms with Crippen LogP contribution in [-0.4, -0.2) is 37.0 Å². The van der Waals surface area contributed by atoms with Crippen molar-refractivity contribution in [3.05, 3.63) is 0 Å². The van der Waals surface area contributed by atoms with Gasteiger partial charge in [-0.05, 0) is 50.6 Å². The smallest absolute Gasteiger partial charge is 0.222 e. The quantitative estimate of drug-likeness (QED) is 0.866. The molecule has 19 heavy (non-hydrogen) atoms. The normalized spacial score (nSPS) is 28.5. The lowest BCUT2D eigenvalue weighted by atomic mass is 9.84. The average Bonchev–Trinajstić information content (AvgIpc) is 2.39. The molecule has 0 spiro atoms. The van der Waals surface area contributed by atoms with Crippen molar-refractivity contribution in [2.24, 2.45) is 11.8 Å². The zero-order valence-corrected chi connectivity index (χ0v) is 13.2. The van der Waals surface area contributed by atoms with E-state index in [0.29, 0.717) is 23.8 Å². The van der Waals surface area contributed by atoms with E-state index in [0.717, 1.165) is 19.5 Å². The molecule has 0 aromatic rings. The van der Waals surface area contributed by atoms with E-state index in [1.54, 1.807) is 0 Å². The Morgan fingerprint density at radius 3 is 2.42 bits per heavy atom. The molecule has 1 saturated heterocycles. The molecule has 0 aromatic heterocycles. The fourth-order valence-electron chi connectivity index (χ4n) is 3.53. The molecule has 3 nitrogen and oxygen atoms in total. The molecule has 1 amide bonds. The number of carbonyl (C=O) groups is 1. The average molecular weight is 289 g/mol. The Morgan fingerprint density at radius 1 is 1.16 bits per heavy atom. The maximum Gasteiger partial charge on any atom is 0.222 e. The lowest BCUT2D eigenvalue weighted by Gasteiger charge is -2.37. The summed E-state index contributed by atoms with van der Waals surface area (Å²) in [7, 11) is 2.02. The number of nitrogens with one attached hydrogen (secondary N) is 1. The summed E-state index contributed by atoms with van der Waals surface area (Å²) in [6.07, 6.45) is 8.22. The molecule has 2 atom stereocenters. The molecule has 2 fully saturated rings. The Morgan fingerprint density at radius 2 is 1.79 bits per heavy atom. The molecular weight excluding hydrogens is 260 g/mol. The monoisotopic (exact) mass is 288 g/mol. The van der Waals surface area contributed by atoms with Gasteiger partial charge in [-0.15, -0.1) is 12.4 Å². The lowest BCUT2D eigenvalue weighted by molar-refractivity contribution is -0.134. The number of hydrogen-bond acceptors (Lipinski definition) is 2. The number of piperidine rings is 1. The predicted molar refractivity (Wildman–Crippen MR) is 81.6 cm³/mol. The molecule has 1 aliphatic carbocycles. The molecule has 0 bridgehead atoms. The van der Waals surface area contributed by atoms with Crippen molar-refractivity contribution in [2.75, 3.05) is 20.1 Å². The molecule has 1 aliphatic heterocycles. The van der Waals surface area contributed by atoms with Crippen molar-refractivity contribution in [3.63, 3.8) is 0 Å². The van der Waals surface area contributed by atoms with Crippen LogP contribution < -0.4 is 5.32 Å². The van der Waals surface area contributed by atoms with Gasteiger partial charge in [0.05, 0.1) is 0 Å². The van der Waals surface area contributed by atoms with Crippen LogP contribution in [0.3, 0.4) is 0 Å². The molecule has 1 saturated carbocycles. The highest BCUT2D eigenvalue weighted by atomic mass is 35.5. The number of amides is 1. The number of halogens is 1. The third kappa shape index (κ3) is 4.64. The lowest BCUT2D eigenvalue weighted by Crippen LogP contribution is -2.43. The molecule has 2 unspecified atom stereocenters. The third-order valence-corrected chi connectivity index (χ3v) is 4.88. The Labute approximate surface area is 123 Å². The highest BCUT2D eigenvalue weighted by molar-refractivity contribution is 5.85. The van der Waals surface area contributed by atoms with Crippen LogP contribution in [0.5, 0.6) is 0 Å². The van der Waals surface area contributed by atoms with Gasteiger partial charge >= 0.3 is 0 Å². The van der Waals surface area contributed by atoms with Crippen LogP contribution in [0.15, 0.2) is 0 Å². The first-order chi connectivity index (χ1) is 8.68. The minimum atomic E-state index is 0. The standard InChI is InChI=1S/C15H28N2O.ClH/c1-12-5-3-4-6-14(12)17(2)15(18)11-13-7-9-16-10-8-13;/h12-14,16H,3-11H2,1-2H3;1H. The summed E-state index contributed by atoms with van der Waals surface area (Å²) in [5, 5.41) is 3.36. The topological polar surface area (TPSA) is 32.3 Å². The maximum atomic E-state index is 12.4. The van der Waals surface area contributed by atoms with Crippen molar-refractivity contribution in [3.8, 4) is 0 Å². The second-order valence-electron chi connectivity index (χ2n) is 6.23. The highest BCUT2D eigenvalue weighted by Crippen LogP contribution is 2.28. The van der Waals surface area contributed by atoms with E-state index in [9.17, 15) is 4.79 Å². The summed E-state index contributed by atoms with van der Waals surface area (Å²) in [5.74, 6) is 1.67. The first kappa shape index (κ1) is 16.8. The molecule has 1 N–H and O–H groups in total. The molecule has 0 aromatic carbocycles. The van der Waals surface area contributed by atoms with E-state index in [-0.39, 0.29) is 12.4 Å². The molecule has 2 rings (SSSR count). The molecule has 112 valence electrons. The fourth-order valence-corrected chi connectivity index (χ4v) is 3.53. The number of carbonyl (C=O) groups excluding carboxylic acids is 1. The Balaban J connectivity index is 0.00000180. The van der Waals surface area contributed by atoms with Crippen LogP contribution in [0.25, 0.3) is 0 Å². The van der Waals surface area contributed by atoms with Crippen LogP contribution in [0.4, 0.5) is 0 Å². The van der Waals surface area contributed by atoms with Crippen molar-refractivity contribution >= 4 is 18.3 Å². The van der Waals surface area contributed by atoms with E-state index >= 15 is 0 Å². The zero-order valence-electron chi connectivity index (χ0n) is 12.4. The van der Waals surface area contributed by atoms with E-state index < -0.39 is 0 Å². The van der Waals surface area contributed by atoms with Crippen molar-refractivity contribution in [1.29, 1.82) is 0 Å². The first-order valence-corrected chi connectivity index (χ1v) is 7.65. The third-order valence-electron chi connectivity index (χ3n) is 4.88. The van der Waals surface area contributed by atoms with Gasteiger partial charge in [0, 0.05) is 19.5 Å². The van der Waals surface area contributed by atoms with Gasteiger partial charge in [0.1, 0.15) is 0 Å². The van der Waals surface area contributed by atoms with Gasteiger partial charge in [-0.1, -0.05) is 19.8 Å². The zero-order chi connectivity index (χ0) is 13.0. The highest BCUT2D eigenvalue weighted by Gasteiger charge is 2.29. The molecule has 0 radical (unpaired) electrons. The van der Waals surface area contributed by atoms with Crippen molar-refractivity contribution < 1.29 is 4.79 Å². The van der Waals surface area contributed by atoms with Gasteiger partial charge in [-0.3, -0.25) is 4.79 Å². The molecular formula is C15H29ClN2O. The number of nitrogens with zero attached hydrogens (tertiary/aromatic N) is 1. The van der Waals surface area contributed by atoms with Gasteiger partial charge in [-0.25, -0.2) is 0 Å². The van der Waals surface area contributed by atoms with Crippen molar-refractivity contribution in [2.45, 2.75) is 57.9 Å². The fraction of sp³-hybridized carbons (Fsp3) is 0.933. The molecule has 4 heteroatoms. The Hall–Kier alpha value is -0.280.